The van der Waals surface area contributed by atoms with E-state index in [1.807, 2.05) is 24.3 Å². The van der Waals surface area contributed by atoms with Gasteiger partial charge in [-0.05, 0) is 23.8 Å². The van der Waals surface area contributed by atoms with Gasteiger partial charge >= 0.3 is 0 Å². The number of para-hydroxylation sites is 1. The Morgan fingerprint density at radius 1 is 1.26 bits per heavy atom. The maximum atomic E-state index is 12.0. The van der Waals surface area contributed by atoms with Crippen molar-refractivity contribution >= 4 is 29.1 Å². The molecule has 3 rings (SSSR count). The van der Waals surface area contributed by atoms with Gasteiger partial charge in [-0.25, -0.2) is 0 Å². The quantitative estimate of drug-likeness (QED) is 0.471. The van der Waals surface area contributed by atoms with Gasteiger partial charge in [0, 0.05) is 37.8 Å². The van der Waals surface area contributed by atoms with Crippen molar-refractivity contribution < 1.29 is 9.59 Å². The van der Waals surface area contributed by atoms with Crippen LogP contribution in [-0.4, -0.2) is 42.9 Å². The van der Waals surface area contributed by atoms with Gasteiger partial charge in [0.2, 0.25) is 11.8 Å². The number of carbonyl (C=O) groups is 2. The lowest BCUT2D eigenvalue weighted by atomic mass is 9.90. The molecule has 2 heterocycles. The first kappa shape index (κ1) is 18.4. The number of hydrogen-bond acceptors (Lipinski definition) is 4. The molecule has 8 nitrogen and oxygen atoms in total. The van der Waals surface area contributed by atoms with Crippen molar-refractivity contribution in [2.75, 3.05) is 30.8 Å². The second-order valence-corrected chi connectivity index (χ2v) is 6.13. The molecule has 2 amide bonds. The van der Waals surface area contributed by atoms with E-state index in [1.165, 1.54) is 0 Å². The monoisotopic (exact) mass is 366 g/mol. The third-order valence-electron chi connectivity index (χ3n) is 4.21. The van der Waals surface area contributed by atoms with E-state index < -0.39 is 0 Å². The number of benzene rings is 1. The number of anilines is 2. The van der Waals surface area contributed by atoms with Crippen LogP contribution in [0, 0.1) is 0 Å². The van der Waals surface area contributed by atoms with Crippen molar-refractivity contribution in [2.24, 2.45) is 4.99 Å². The molecule has 8 heteroatoms. The first-order chi connectivity index (χ1) is 13.2. The number of nitrogens with zero attached hydrogens (tertiary/aromatic N) is 2. The van der Waals surface area contributed by atoms with Gasteiger partial charge in [0.25, 0.3) is 0 Å². The van der Waals surface area contributed by atoms with Crippen LogP contribution in [0.25, 0.3) is 0 Å². The predicted octanol–water partition coefficient (Wildman–Crippen LogP) is 1.31. The summed E-state index contributed by atoms with van der Waals surface area (Å²) in [5.41, 5.74) is 2.57. The number of nitrogens with one attached hydrogen (secondary N) is 4. The SMILES string of the molecule is CN=C(NCC(=O)Nc1cccnc1)NCC1CC(=O)Nc2ccccc21. The van der Waals surface area contributed by atoms with Gasteiger partial charge in [-0.15, -0.1) is 0 Å². The molecule has 1 aliphatic heterocycles. The van der Waals surface area contributed by atoms with Crippen LogP contribution in [0.15, 0.2) is 53.8 Å². The molecular weight excluding hydrogens is 344 g/mol. The third kappa shape index (κ3) is 5.04. The smallest absolute Gasteiger partial charge is 0.243 e. The average molecular weight is 366 g/mol. The van der Waals surface area contributed by atoms with Crippen LogP contribution < -0.4 is 21.3 Å². The van der Waals surface area contributed by atoms with Gasteiger partial charge in [0.05, 0.1) is 18.4 Å². The van der Waals surface area contributed by atoms with Gasteiger partial charge in [-0.3, -0.25) is 19.6 Å². The van der Waals surface area contributed by atoms with E-state index >= 15 is 0 Å². The van der Waals surface area contributed by atoms with Crippen LogP contribution in [0.5, 0.6) is 0 Å². The highest BCUT2D eigenvalue weighted by atomic mass is 16.2. The van der Waals surface area contributed by atoms with E-state index in [0.717, 1.165) is 11.3 Å². The Balaban J connectivity index is 1.51. The fraction of sp³-hybridized carbons (Fsp3) is 0.263. The maximum Gasteiger partial charge on any atom is 0.243 e. The predicted molar refractivity (Wildman–Crippen MR) is 105 cm³/mol. The first-order valence-electron chi connectivity index (χ1n) is 8.69. The third-order valence-corrected chi connectivity index (χ3v) is 4.21. The van der Waals surface area contributed by atoms with Gasteiger partial charge in [-0.1, -0.05) is 18.2 Å². The molecule has 27 heavy (non-hydrogen) atoms. The van der Waals surface area contributed by atoms with Crippen molar-refractivity contribution in [1.82, 2.24) is 15.6 Å². The summed E-state index contributed by atoms with van der Waals surface area (Å²) >= 11 is 0. The van der Waals surface area contributed by atoms with Crippen LogP contribution >= 0.6 is 0 Å². The van der Waals surface area contributed by atoms with E-state index in [1.54, 1.807) is 31.6 Å². The van der Waals surface area contributed by atoms with Crippen LogP contribution in [0.1, 0.15) is 17.9 Å². The molecule has 2 aromatic rings. The topological polar surface area (TPSA) is 108 Å². The van der Waals surface area contributed by atoms with Crippen LogP contribution in [0.3, 0.4) is 0 Å². The Morgan fingerprint density at radius 2 is 2.11 bits per heavy atom. The van der Waals surface area contributed by atoms with E-state index in [-0.39, 0.29) is 24.3 Å². The summed E-state index contributed by atoms with van der Waals surface area (Å²) in [7, 11) is 1.63. The molecule has 0 radical (unpaired) electrons. The molecule has 4 N–H and O–H groups in total. The normalized spacial score (nSPS) is 16.1. The summed E-state index contributed by atoms with van der Waals surface area (Å²) in [5.74, 6) is 0.338. The molecule has 0 saturated heterocycles. The molecule has 1 aromatic heterocycles. The van der Waals surface area contributed by atoms with Crippen LogP contribution in [0.2, 0.25) is 0 Å². The molecule has 1 unspecified atom stereocenters. The number of guanidine groups is 1. The summed E-state index contributed by atoms with van der Waals surface area (Å²) in [6.07, 6.45) is 3.63. The zero-order valence-electron chi connectivity index (χ0n) is 15.0. The molecule has 0 aliphatic carbocycles. The minimum atomic E-state index is -0.201. The highest BCUT2D eigenvalue weighted by Gasteiger charge is 2.24. The number of aromatic nitrogens is 1. The number of rotatable bonds is 5. The first-order valence-corrected chi connectivity index (χ1v) is 8.69. The Morgan fingerprint density at radius 3 is 2.89 bits per heavy atom. The fourth-order valence-electron chi connectivity index (χ4n) is 2.93. The Labute approximate surface area is 157 Å². The van der Waals surface area contributed by atoms with Gasteiger partial charge < -0.3 is 21.3 Å². The van der Waals surface area contributed by atoms with Gasteiger partial charge in [0.1, 0.15) is 0 Å². The van der Waals surface area contributed by atoms with Crippen molar-refractivity contribution in [3.8, 4) is 0 Å². The van der Waals surface area contributed by atoms with E-state index in [4.69, 9.17) is 0 Å². The molecule has 1 aromatic carbocycles. The van der Waals surface area contributed by atoms with Crippen molar-refractivity contribution in [3.63, 3.8) is 0 Å². The van der Waals surface area contributed by atoms with Crippen LogP contribution in [-0.2, 0) is 9.59 Å². The number of hydrogen-bond donors (Lipinski definition) is 4. The molecule has 1 aliphatic rings. The summed E-state index contributed by atoms with van der Waals surface area (Å²) in [6, 6.07) is 11.3. The number of carbonyl (C=O) groups excluding carboxylic acids is 2. The van der Waals surface area contributed by atoms with Gasteiger partial charge in [-0.2, -0.15) is 0 Å². The highest BCUT2D eigenvalue weighted by Crippen LogP contribution is 2.31. The molecule has 0 bridgehead atoms. The Hall–Kier alpha value is -3.42. The highest BCUT2D eigenvalue weighted by molar-refractivity contribution is 5.96. The van der Waals surface area contributed by atoms with Crippen molar-refractivity contribution in [2.45, 2.75) is 12.3 Å². The van der Waals surface area contributed by atoms with E-state index in [0.29, 0.717) is 24.6 Å². The number of aliphatic imine (C=N–C) groups is 1. The van der Waals surface area contributed by atoms with Gasteiger partial charge in [0.15, 0.2) is 5.96 Å². The second kappa shape index (κ2) is 8.79. The summed E-state index contributed by atoms with van der Waals surface area (Å²) in [4.78, 5) is 32.0. The standard InChI is InChI=1S/C19H22N6O2/c1-20-19(23-12-18(27)24-14-5-4-8-21-11-14)22-10-13-9-17(26)25-16-7-3-2-6-15(13)16/h2-8,11,13H,9-10,12H2,1H3,(H,24,27)(H,25,26)(H2,20,22,23). The summed E-state index contributed by atoms with van der Waals surface area (Å²) < 4.78 is 0. The minimum Gasteiger partial charge on any atom is -0.356 e. The second-order valence-electron chi connectivity index (χ2n) is 6.13. The zero-order valence-corrected chi connectivity index (χ0v) is 15.0. The number of amides is 2. The van der Waals surface area contributed by atoms with Crippen molar-refractivity contribution in [3.05, 3.63) is 54.4 Å². The molecular formula is C19H22N6O2. The zero-order chi connectivity index (χ0) is 19.1. The molecule has 0 spiro atoms. The van der Waals surface area contributed by atoms with E-state index in [2.05, 4.69) is 31.2 Å². The molecule has 140 valence electrons. The van der Waals surface area contributed by atoms with Crippen LogP contribution in [0.4, 0.5) is 11.4 Å². The lowest BCUT2D eigenvalue weighted by Crippen LogP contribution is -2.43. The largest absolute Gasteiger partial charge is 0.356 e. The molecule has 0 fully saturated rings. The number of fused-ring (bicyclic) bond motifs is 1. The minimum absolute atomic E-state index is 0.000653. The summed E-state index contributed by atoms with van der Waals surface area (Å²) in [5, 5.41) is 11.8. The molecule has 0 saturated carbocycles. The van der Waals surface area contributed by atoms with E-state index in [9.17, 15) is 9.59 Å². The Kier molecular flexibility index (Phi) is 5.98. The van der Waals surface area contributed by atoms with Crippen molar-refractivity contribution in [1.29, 1.82) is 0 Å². The average Bonchev–Trinajstić information content (AvgIpc) is 2.68. The lowest BCUT2D eigenvalue weighted by molar-refractivity contribution is -0.117. The molecule has 1 atom stereocenters. The summed E-state index contributed by atoms with van der Waals surface area (Å²) in [6.45, 7) is 0.602. The maximum absolute atomic E-state index is 12.0. The number of pyridine rings is 1. The lowest BCUT2D eigenvalue weighted by Gasteiger charge is -2.26. The fourth-order valence-corrected chi connectivity index (χ4v) is 2.93. The Bertz CT molecular complexity index is 837.